The number of rotatable bonds is 7. The number of nitrogens with one attached hydrogen (secondary N) is 1. The molecule has 4 rings (SSSR count). The maximum absolute atomic E-state index is 9.92. The molecule has 6 heteroatoms. The number of aryl methyl sites for hydroxylation is 1. The van der Waals surface area contributed by atoms with Gasteiger partial charge in [0.15, 0.2) is 0 Å². The van der Waals surface area contributed by atoms with Crippen molar-refractivity contribution in [3.05, 3.63) is 23.8 Å². The Balaban J connectivity index is 1.65. The third-order valence-electron chi connectivity index (χ3n) is 6.40. The molecule has 0 unspecified atom stereocenters. The number of pyridine rings is 1. The highest BCUT2D eigenvalue weighted by molar-refractivity contribution is 5.91. The molecule has 3 heterocycles. The van der Waals surface area contributed by atoms with Crippen molar-refractivity contribution in [2.75, 3.05) is 18.5 Å². The Morgan fingerprint density at radius 2 is 1.83 bits per heavy atom. The largest absolute Gasteiger partial charge is 0.393 e. The van der Waals surface area contributed by atoms with E-state index in [1.54, 1.807) is 0 Å². The summed E-state index contributed by atoms with van der Waals surface area (Å²) in [6, 6.07) is 0.388. The average molecular weight is 399 g/mol. The van der Waals surface area contributed by atoms with Crippen LogP contribution in [0, 0.1) is 0 Å². The molecule has 2 aliphatic rings. The number of anilines is 1. The van der Waals surface area contributed by atoms with Gasteiger partial charge in [-0.2, -0.15) is 0 Å². The van der Waals surface area contributed by atoms with Gasteiger partial charge in [-0.05, 0) is 50.9 Å². The van der Waals surface area contributed by atoms with Crippen molar-refractivity contribution < 1.29 is 9.84 Å². The van der Waals surface area contributed by atoms with Crippen LogP contribution in [-0.2, 0) is 11.2 Å². The molecule has 0 amide bonds. The topological polar surface area (TPSA) is 80.2 Å². The summed E-state index contributed by atoms with van der Waals surface area (Å²) in [5.41, 5.74) is 2.28. The average Bonchev–Trinajstić information content (AvgIpc) is 2.75. The van der Waals surface area contributed by atoms with Crippen molar-refractivity contribution in [1.29, 1.82) is 0 Å². The van der Waals surface area contributed by atoms with Gasteiger partial charge in [0.05, 0.1) is 17.0 Å². The van der Waals surface area contributed by atoms with Gasteiger partial charge in [-0.3, -0.25) is 0 Å². The monoisotopic (exact) mass is 398 g/mol. The number of hydrogen-bond acceptors (Lipinski definition) is 6. The molecule has 2 aromatic heterocycles. The molecule has 158 valence electrons. The minimum atomic E-state index is -0.154. The molecule has 1 saturated heterocycles. The van der Waals surface area contributed by atoms with Gasteiger partial charge in [0, 0.05) is 43.6 Å². The minimum Gasteiger partial charge on any atom is -0.393 e. The van der Waals surface area contributed by atoms with Crippen LogP contribution in [0.25, 0.3) is 10.9 Å². The first-order valence-corrected chi connectivity index (χ1v) is 11.4. The maximum atomic E-state index is 9.92. The number of nitrogens with zero attached hydrogens (tertiary/aromatic N) is 3. The molecule has 0 atom stereocenters. The van der Waals surface area contributed by atoms with Crippen LogP contribution >= 0.6 is 0 Å². The zero-order chi connectivity index (χ0) is 20.1. The van der Waals surface area contributed by atoms with Gasteiger partial charge in [-0.25, -0.2) is 15.0 Å². The maximum Gasteiger partial charge on any atom is 0.137 e. The summed E-state index contributed by atoms with van der Waals surface area (Å²) in [7, 11) is 0. The number of hydrogen-bond donors (Lipinski definition) is 2. The molecule has 2 aromatic rings. The number of aliphatic hydroxyl groups excluding tert-OH is 1. The van der Waals surface area contributed by atoms with E-state index >= 15 is 0 Å². The standard InChI is InChI=1S/C23H34N4O2/c1-2-3-4-5-21-24-15-20-22(27-21)19(16-6-8-18(28)9-7-16)14-25-23(20)26-17-10-12-29-13-11-17/h14-18,28H,2-13H2,1H3,(H,25,26). The van der Waals surface area contributed by atoms with Crippen LogP contribution in [0.4, 0.5) is 5.82 Å². The van der Waals surface area contributed by atoms with Crippen molar-refractivity contribution >= 4 is 16.7 Å². The highest BCUT2D eigenvalue weighted by Gasteiger charge is 2.25. The van der Waals surface area contributed by atoms with E-state index in [1.165, 1.54) is 18.4 Å². The third kappa shape index (κ3) is 5.04. The summed E-state index contributed by atoms with van der Waals surface area (Å²) < 4.78 is 5.49. The van der Waals surface area contributed by atoms with E-state index in [0.717, 1.165) is 87.1 Å². The molecule has 0 spiro atoms. The Morgan fingerprint density at radius 3 is 2.59 bits per heavy atom. The number of fused-ring (bicyclic) bond motifs is 1. The Labute approximate surface area is 173 Å². The van der Waals surface area contributed by atoms with Crippen molar-refractivity contribution in [2.24, 2.45) is 0 Å². The van der Waals surface area contributed by atoms with E-state index in [0.29, 0.717) is 12.0 Å². The fourth-order valence-electron chi connectivity index (χ4n) is 4.57. The van der Waals surface area contributed by atoms with Crippen molar-refractivity contribution in [1.82, 2.24) is 15.0 Å². The molecule has 1 aliphatic carbocycles. The van der Waals surface area contributed by atoms with Crippen LogP contribution in [-0.4, -0.2) is 45.4 Å². The number of unbranched alkanes of at least 4 members (excludes halogenated alkanes) is 2. The molecular weight excluding hydrogens is 364 g/mol. The van der Waals surface area contributed by atoms with Gasteiger partial charge in [-0.1, -0.05) is 19.8 Å². The second-order valence-corrected chi connectivity index (χ2v) is 8.60. The summed E-state index contributed by atoms with van der Waals surface area (Å²) in [5, 5.41) is 14.6. The summed E-state index contributed by atoms with van der Waals surface area (Å²) >= 11 is 0. The van der Waals surface area contributed by atoms with E-state index in [4.69, 9.17) is 14.7 Å². The van der Waals surface area contributed by atoms with Crippen LogP contribution in [0.2, 0.25) is 0 Å². The minimum absolute atomic E-state index is 0.154. The summed E-state index contributed by atoms with van der Waals surface area (Å²) in [6.07, 6.45) is 14.0. The van der Waals surface area contributed by atoms with E-state index in [2.05, 4.69) is 17.2 Å². The molecule has 29 heavy (non-hydrogen) atoms. The predicted molar refractivity (Wildman–Crippen MR) is 115 cm³/mol. The van der Waals surface area contributed by atoms with Gasteiger partial charge in [0.2, 0.25) is 0 Å². The molecule has 6 nitrogen and oxygen atoms in total. The lowest BCUT2D eigenvalue weighted by Gasteiger charge is -2.27. The highest BCUT2D eigenvalue weighted by Crippen LogP contribution is 2.37. The highest BCUT2D eigenvalue weighted by atomic mass is 16.5. The summed E-state index contributed by atoms with van der Waals surface area (Å²) in [4.78, 5) is 14.5. The van der Waals surface area contributed by atoms with Crippen LogP contribution in [0.15, 0.2) is 12.4 Å². The fourth-order valence-corrected chi connectivity index (χ4v) is 4.57. The Kier molecular flexibility index (Phi) is 6.93. The van der Waals surface area contributed by atoms with Crippen molar-refractivity contribution in [2.45, 2.75) is 89.2 Å². The Hall–Kier alpha value is -1.79. The first-order valence-electron chi connectivity index (χ1n) is 11.4. The normalized spacial score (nSPS) is 23.4. The predicted octanol–water partition coefficient (Wildman–Crippen LogP) is 4.37. The molecule has 2 fully saturated rings. The van der Waals surface area contributed by atoms with Crippen LogP contribution in [0.1, 0.15) is 82.0 Å². The SMILES string of the molecule is CCCCCc1ncc2c(NC3CCOCC3)ncc(C3CCC(O)CC3)c2n1. The van der Waals surface area contributed by atoms with E-state index in [-0.39, 0.29) is 6.10 Å². The zero-order valence-corrected chi connectivity index (χ0v) is 17.6. The van der Waals surface area contributed by atoms with E-state index in [1.807, 2.05) is 12.4 Å². The van der Waals surface area contributed by atoms with Crippen LogP contribution < -0.4 is 5.32 Å². The fraction of sp³-hybridized carbons (Fsp3) is 0.696. The Bertz CT molecular complexity index is 799. The molecule has 0 aromatic carbocycles. The number of aliphatic hydroxyl groups is 1. The number of ether oxygens (including phenoxy) is 1. The van der Waals surface area contributed by atoms with Gasteiger partial charge in [0.25, 0.3) is 0 Å². The van der Waals surface area contributed by atoms with E-state index in [9.17, 15) is 5.11 Å². The molecule has 0 radical (unpaired) electrons. The lowest BCUT2D eigenvalue weighted by Crippen LogP contribution is -2.28. The van der Waals surface area contributed by atoms with Gasteiger partial charge in [-0.15, -0.1) is 0 Å². The molecule has 1 saturated carbocycles. The van der Waals surface area contributed by atoms with Crippen molar-refractivity contribution in [3.8, 4) is 0 Å². The summed E-state index contributed by atoms with van der Waals surface area (Å²) in [5.74, 6) is 2.25. The lowest BCUT2D eigenvalue weighted by molar-refractivity contribution is 0.0904. The van der Waals surface area contributed by atoms with Gasteiger partial charge >= 0.3 is 0 Å². The first-order chi connectivity index (χ1) is 14.2. The van der Waals surface area contributed by atoms with E-state index < -0.39 is 0 Å². The first kappa shape index (κ1) is 20.5. The molecular formula is C23H34N4O2. The summed E-state index contributed by atoms with van der Waals surface area (Å²) in [6.45, 7) is 3.82. The quantitative estimate of drug-likeness (QED) is 0.674. The van der Waals surface area contributed by atoms with Gasteiger partial charge in [0.1, 0.15) is 11.6 Å². The second-order valence-electron chi connectivity index (χ2n) is 8.60. The molecule has 0 bridgehead atoms. The van der Waals surface area contributed by atoms with Crippen molar-refractivity contribution in [3.63, 3.8) is 0 Å². The van der Waals surface area contributed by atoms with Crippen LogP contribution in [0.3, 0.4) is 0 Å². The number of aromatic nitrogens is 3. The Morgan fingerprint density at radius 1 is 1.03 bits per heavy atom. The smallest absolute Gasteiger partial charge is 0.137 e. The zero-order valence-electron chi connectivity index (χ0n) is 17.6. The third-order valence-corrected chi connectivity index (χ3v) is 6.40. The lowest BCUT2D eigenvalue weighted by atomic mass is 9.82. The second kappa shape index (κ2) is 9.81. The molecule has 2 N–H and O–H groups in total. The molecule has 1 aliphatic heterocycles. The van der Waals surface area contributed by atoms with Gasteiger partial charge < -0.3 is 15.2 Å². The van der Waals surface area contributed by atoms with Crippen LogP contribution in [0.5, 0.6) is 0 Å².